The highest BCUT2D eigenvalue weighted by atomic mass is 35.5. The van der Waals surface area contributed by atoms with Gasteiger partial charge in [0.05, 0.1) is 35.1 Å². The number of anilines is 2. The first-order chi connectivity index (χ1) is 19.8. The molecule has 1 aliphatic heterocycles. The Morgan fingerprint density at radius 1 is 1.14 bits per heavy atom. The first-order valence-corrected chi connectivity index (χ1v) is 15.8. The van der Waals surface area contributed by atoms with Crippen LogP contribution in [-0.2, 0) is 24.1 Å². The van der Waals surface area contributed by atoms with E-state index in [9.17, 15) is 18.0 Å². The highest BCUT2D eigenvalue weighted by Gasteiger charge is 2.57. The number of carbonyl (C=O) groups excluding carboxylic acids is 1. The summed E-state index contributed by atoms with van der Waals surface area (Å²) >= 11 is 6.03. The van der Waals surface area contributed by atoms with Gasteiger partial charge in [-0.3, -0.25) is 18.8 Å². The zero-order chi connectivity index (χ0) is 30.1. The Labute approximate surface area is 247 Å². The minimum atomic E-state index is -3.82. The molecule has 12 nitrogen and oxygen atoms in total. The van der Waals surface area contributed by atoms with Gasteiger partial charge in [0.1, 0.15) is 5.15 Å². The van der Waals surface area contributed by atoms with Crippen LogP contribution in [0.15, 0.2) is 41.5 Å². The van der Waals surface area contributed by atoms with E-state index in [1.54, 1.807) is 17.7 Å². The Balaban J connectivity index is 1.33. The third-order valence-electron chi connectivity index (χ3n) is 8.11. The quantitative estimate of drug-likeness (QED) is 0.302. The molecular weight excluding hydrogens is 580 g/mol. The maximum absolute atomic E-state index is 13.6. The van der Waals surface area contributed by atoms with Gasteiger partial charge in [-0.05, 0) is 60.9 Å². The van der Waals surface area contributed by atoms with E-state index in [4.69, 9.17) is 16.6 Å². The van der Waals surface area contributed by atoms with Crippen molar-refractivity contribution in [3.8, 4) is 0 Å². The molecule has 1 aliphatic carbocycles. The van der Waals surface area contributed by atoms with Crippen LogP contribution in [-0.4, -0.2) is 58.0 Å². The summed E-state index contributed by atoms with van der Waals surface area (Å²) < 4.78 is 28.8. The molecule has 3 aromatic heterocycles. The zero-order valence-electron chi connectivity index (χ0n) is 23.8. The van der Waals surface area contributed by atoms with Crippen molar-refractivity contribution in [3.05, 3.63) is 74.6 Å². The number of aryl methyl sites for hydroxylation is 2. The van der Waals surface area contributed by atoms with E-state index in [1.807, 2.05) is 48.6 Å². The van der Waals surface area contributed by atoms with E-state index >= 15 is 0 Å². The molecule has 42 heavy (non-hydrogen) atoms. The fraction of sp³-hybridized carbons (Fsp3) is 0.393. The van der Waals surface area contributed by atoms with Gasteiger partial charge >= 0.3 is 0 Å². The lowest BCUT2D eigenvalue weighted by molar-refractivity contribution is 0.0977. The zero-order valence-corrected chi connectivity index (χ0v) is 25.4. The Bertz CT molecular complexity index is 1910. The standard InChI is InChI=1S/C28H31ClN8O4S/c1-14-8-17(15(2)31-21-6-7-22(29)32-25(21)26(38)34-42(5,40)41)24-18(9-14)27(39)36(4)28(33-24)37-12-19-20(13-37)23(19)16-10-30-35(3)11-16/h6-11,15,19-20,23,31H,12-13H2,1-5H3,(H,34,38)/t15-,19-,20+,23?/m1/s1. The van der Waals surface area contributed by atoms with Gasteiger partial charge in [-0.25, -0.2) is 23.1 Å². The molecule has 0 spiro atoms. The number of hydrogen-bond acceptors (Lipinski definition) is 9. The second kappa shape index (κ2) is 10.1. The number of piperidine rings is 1. The molecule has 1 saturated heterocycles. The van der Waals surface area contributed by atoms with Crippen LogP contribution in [0.3, 0.4) is 0 Å². The minimum absolute atomic E-state index is 0.0390. The predicted molar refractivity (Wildman–Crippen MR) is 160 cm³/mol. The van der Waals surface area contributed by atoms with Crippen LogP contribution in [0.5, 0.6) is 0 Å². The highest BCUT2D eigenvalue weighted by molar-refractivity contribution is 7.89. The molecule has 220 valence electrons. The number of hydrogen-bond donors (Lipinski definition) is 2. The average Bonchev–Trinajstić information content (AvgIpc) is 3.20. The second-order valence-corrected chi connectivity index (χ2v) is 13.5. The van der Waals surface area contributed by atoms with Crippen LogP contribution < -0.4 is 20.5 Å². The SMILES string of the molecule is Cc1cc([C@@H](C)Nc2ccc(Cl)nc2C(=O)NS(C)(=O)=O)c2nc(N3C[C@@H]4C(c5cnn(C)c5)[C@@H]4C3)n(C)c(=O)c2c1. The summed E-state index contributed by atoms with van der Waals surface area (Å²) in [5.41, 5.74) is 3.43. The molecule has 1 aromatic carbocycles. The summed E-state index contributed by atoms with van der Waals surface area (Å²) in [5.74, 6) is 1.18. The van der Waals surface area contributed by atoms with Crippen molar-refractivity contribution >= 4 is 50.1 Å². The van der Waals surface area contributed by atoms with Gasteiger partial charge in [0.2, 0.25) is 16.0 Å². The fourth-order valence-electron chi connectivity index (χ4n) is 6.20. The predicted octanol–water partition coefficient (Wildman–Crippen LogP) is 2.74. The van der Waals surface area contributed by atoms with Crippen molar-refractivity contribution in [2.24, 2.45) is 25.9 Å². The van der Waals surface area contributed by atoms with E-state index in [0.29, 0.717) is 34.6 Å². The highest BCUT2D eigenvalue weighted by Crippen LogP contribution is 2.58. The first-order valence-electron chi connectivity index (χ1n) is 13.5. The number of aromatic nitrogens is 5. The number of nitrogens with one attached hydrogen (secondary N) is 2. The smallest absolute Gasteiger partial charge is 0.285 e. The van der Waals surface area contributed by atoms with Crippen LogP contribution >= 0.6 is 11.6 Å². The monoisotopic (exact) mass is 610 g/mol. The Hall–Kier alpha value is -3.97. The van der Waals surface area contributed by atoms with Crippen LogP contribution in [0.1, 0.15) is 46.1 Å². The number of amides is 1. The minimum Gasteiger partial charge on any atom is -0.377 e. The van der Waals surface area contributed by atoms with E-state index in [2.05, 4.69) is 26.5 Å². The average molecular weight is 611 g/mol. The molecule has 1 unspecified atom stereocenters. The fourth-order valence-corrected chi connectivity index (χ4v) is 6.78. The Morgan fingerprint density at radius 3 is 2.50 bits per heavy atom. The molecule has 2 N–H and O–H groups in total. The van der Waals surface area contributed by atoms with Gasteiger partial charge in [-0.2, -0.15) is 5.10 Å². The molecule has 2 aliphatic rings. The number of halogens is 1. The molecule has 14 heteroatoms. The van der Waals surface area contributed by atoms with Crippen molar-refractivity contribution in [3.63, 3.8) is 0 Å². The van der Waals surface area contributed by atoms with E-state index in [-0.39, 0.29) is 22.1 Å². The van der Waals surface area contributed by atoms with Crippen LogP contribution in [0.25, 0.3) is 10.9 Å². The number of carbonyl (C=O) groups is 1. The molecule has 4 atom stereocenters. The molecule has 4 heterocycles. The second-order valence-electron chi connectivity index (χ2n) is 11.3. The third-order valence-corrected chi connectivity index (χ3v) is 8.88. The number of nitrogens with zero attached hydrogens (tertiary/aromatic N) is 6. The number of sulfonamides is 1. The third kappa shape index (κ3) is 5.11. The van der Waals surface area contributed by atoms with Gasteiger partial charge in [-0.15, -0.1) is 0 Å². The van der Waals surface area contributed by atoms with Gasteiger partial charge in [0, 0.05) is 38.9 Å². The molecule has 4 aromatic rings. The van der Waals surface area contributed by atoms with Crippen molar-refractivity contribution < 1.29 is 13.2 Å². The van der Waals surface area contributed by atoms with Gasteiger partial charge in [0.15, 0.2) is 5.69 Å². The van der Waals surface area contributed by atoms with Crippen molar-refractivity contribution in [2.75, 3.05) is 29.6 Å². The van der Waals surface area contributed by atoms with Crippen molar-refractivity contribution in [1.82, 2.24) is 29.0 Å². The van der Waals surface area contributed by atoms with Gasteiger partial charge in [-0.1, -0.05) is 17.7 Å². The largest absolute Gasteiger partial charge is 0.377 e. The summed E-state index contributed by atoms with van der Waals surface area (Å²) in [4.78, 5) is 37.6. The number of pyridine rings is 1. The summed E-state index contributed by atoms with van der Waals surface area (Å²) in [6.07, 6.45) is 4.90. The molecule has 6 rings (SSSR count). The van der Waals surface area contributed by atoms with Gasteiger partial charge < -0.3 is 10.2 Å². The lowest BCUT2D eigenvalue weighted by Gasteiger charge is -2.25. The van der Waals surface area contributed by atoms with Crippen molar-refractivity contribution in [1.29, 1.82) is 0 Å². The maximum atomic E-state index is 13.6. The number of benzene rings is 1. The summed E-state index contributed by atoms with van der Waals surface area (Å²) in [6.45, 7) is 5.40. The summed E-state index contributed by atoms with van der Waals surface area (Å²) in [7, 11) is -0.148. The summed E-state index contributed by atoms with van der Waals surface area (Å²) in [6, 6.07) is 6.42. The molecular formula is C28H31ClN8O4S. The lowest BCUT2D eigenvalue weighted by Crippen LogP contribution is -2.32. The maximum Gasteiger partial charge on any atom is 0.285 e. The van der Waals surface area contributed by atoms with Crippen LogP contribution in [0, 0.1) is 18.8 Å². The molecule has 2 fully saturated rings. The Morgan fingerprint density at radius 2 is 1.86 bits per heavy atom. The van der Waals surface area contributed by atoms with Gasteiger partial charge in [0.25, 0.3) is 11.5 Å². The molecule has 0 radical (unpaired) electrons. The normalized spacial score (nSPS) is 20.4. The molecule has 1 saturated carbocycles. The molecule has 1 amide bonds. The molecule has 0 bridgehead atoms. The van der Waals surface area contributed by atoms with Crippen LogP contribution in [0.2, 0.25) is 5.15 Å². The van der Waals surface area contributed by atoms with Crippen molar-refractivity contribution in [2.45, 2.75) is 25.8 Å². The Kier molecular flexibility index (Phi) is 6.76. The topological polar surface area (TPSA) is 144 Å². The van der Waals surface area contributed by atoms with E-state index in [0.717, 1.165) is 30.5 Å². The summed E-state index contributed by atoms with van der Waals surface area (Å²) in [5, 5.41) is 8.11. The number of fused-ring (bicyclic) bond motifs is 2. The van der Waals surface area contributed by atoms with Crippen LogP contribution in [0.4, 0.5) is 11.6 Å². The first kappa shape index (κ1) is 28.2. The number of rotatable bonds is 7. The van der Waals surface area contributed by atoms with E-state index in [1.165, 1.54) is 11.6 Å². The van der Waals surface area contributed by atoms with E-state index < -0.39 is 22.0 Å². The lowest BCUT2D eigenvalue weighted by atomic mass is 10.0.